The average molecular weight is 693 g/mol. The smallest absolute Gasteiger partial charge is 0.187 e. The molecule has 0 bridgehead atoms. The Kier molecular flexibility index (Phi) is 13.7. The monoisotopic (exact) mass is 692 g/mol. The van der Waals surface area contributed by atoms with E-state index in [0.29, 0.717) is 0 Å². The molecule has 0 amide bonds. The van der Waals surface area contributed by atoms with Crippen molar-refractivity contribution >= 4 is 0 Å². The summed E-state index contributed by atoms with van der Waals surface area (Å²) in [6.07, 6.45) is -33.2. The Morgan fingerprint density at radius 3 is 1.17 bits per heavy atom. The summed E-state index contributed by atoms with van der Waals surface area (Å²) in [4.78, 5) is 0. The summed E-state index contributed by atoms with van der Waals surface area (Å²) in [7, 11) is 0. The fourth-order valence-corrected chi connectivity index (χ4v) is 6.10. The molecule has 0 aromatic rings. The van der Waals surface area contributed by atoms with Crippen molar-refractivity contribution in [2.45, 2.75) is 136 Å². The molecule has 0 saturated carbocycles. The van der Waals surface area contributed by atoms with Crippen molar-refractivity contribution in [3.8, 4) is 0 Å². The van der Waals surface area contributed by atoms with Crippen LogP contribution in [0.3, 0.4) is 0 Å². The van der Waals surface area contributed by atoms with Crippen LogP contribution in [0.1, 0.15) is 13.8 Å². The van der Waals surface area contributed by atoms with Gasteiger partial charge in [-0.05, 0) is 5.92 Å². The molecule has 4 fully saturated rings. The van der Waals surface area contributed by atoms with Crippen LogP contribution in [0.15, 0.2) is 0 Å². The quantitative estimate of drug-likeness (QED) is 0.0956. The summed E-state index contributed by atoms with van der Waals surface area (Å²) in [6.45, 7) is 0.236. The van der Waals surface area contributed by atoms with Crippen molar-refractivity contribution in [2.75, 3.05) is 26.4 Å². The number of aliphatic hydroxyl groups is 13. The Balaban J connectivity index is 1.62. The van der Waals surface area contributed by atoms with Gasteiger partial charge in [-0.25, -0.2) is 0 Å². The first-order valence-corrected chi connectivity index (χ1v) is 15.3. The number of rotatable bonds is 11. The van der Waals surface area contributed by atoms with Gasteiger partial charge in [-0.2, -0.15) is 0 Å². The Hall–Kier alpha value is -0.800. The molecule has 13 N–H and O–H groups in total. The highest BCUT2D eigenvalue weighted by atomic mass is 16.8. The molecule has 0 aromatic heterocycles. The van der Waals surface area contributed by atoms with E-state index in [9.17, 15) is 66.4 Å². The Bertz CT molecular complexity index is 959. The molecule has 0 aliphatic carbocycles. The lowest BCUT2D eigenvalue weighted by Gasteiger charge is -2.50. The van der Waals surface area contributed by atoms with E-state index in [2.05, 4.69) is 0 Å². The van der Waals surface area contributed by atoms with Gasteiger partial charge < -0.3 is 99.5 Å². The second-order valence-corrected chi connectivity index (χ2v) is 12.5. The Morgan fingerprint density at radius 2 is 0.745 bits per heavy atom. The van der Waals surface area contributed by atoms with Gasteiger partial charge in [0.05, 0.1) is 32.5 Å². The molecule has 20 atom stereocenters. The van der Waals surface area contributed by atoms with Crippen LogP contribution in [0.5, 0.6) is 0 Å². The minimum Gasteiger partial charge on any atom is -0.394 e. The van der Waals surface area contributed by atoms with Crippen LogP contribution in [-0.2, 0) is 33.2 Å². The van der Waals surface area contributed by atoms with Crippen LogP contribution in [0.25, 0.3) is 0 Å². The highest BCUT2D eigenvalue weighted by Crippen LogP contribution is 2.36. The first-order valence-electron chi connectivity index (χ1n) is 15.3. The zero-order chi connectivity index (χ0) is 34.9. The predicted molar refractivity (Wildman–Crippen MR) is 147 cm³/mol. The van der Waals surface area contributed by atoms with E-state index in [0.717, 1.165) is 0 Å². The number of aliphatic hydroxyl groups excluding tert-OH is 13. The normalized spacial score (nSPS) is 51.3. The summed E-state index contributed by atoms with van der Waals surface area (Å²) in [6, 6.07) is 0. The third-order valence-corrected chi connectivity index (χ3v) is 8.93. The van der Waals surface area contributed by atoms with Crippen molar-refractivity contribution in [3.63, 3.8) is 0 Å². The first kappa shape index (κ1) is 39.0. The minimum atomic E-state index is -1.96. The van der Waals surface area contributed by atoms with Crippen LogP contribution in [-0.4, -0.2) is 215 Å². The van der Waals surface area contributed by atoms with E-state index in [1.807, 2.05) is 0 Å². The minimum absolute atomic E-state index is 0.455. The number of hydrogen-bond donors (Lipinski definition) is 13. The molecule has 4 heterocycles. The average Bonchev–Trinajstić information content (AvgIpc) is 3.05. The molecule has 0 aromatic carbocycles. The number of ether oxygens (including phenoxy) is 7. The second kappa shape index (κ2) is 16.5. The SMILES string of the molecule is CC(C)[C@@H]1O[C@H](CO)[C@@H](O)[C@H](O[C@@H]2O[C@H](CO)[C@@H](O)[C@H](O)[C@H]2O)[C@H]1O[C@@H]1O[C@H](CO)[C@@H](O)[C@H](O[C@@H]2O[C@H](CO)[C@@H](O)[C@H](O)[C@H]2O)[C@H]1O. The fourth-order valence-electron chi connectivity index (χ4n) is 6.10. The van der Waals surface area contributed by atoms with Gasteiger partial charge in [0.15, 0.2) is 18.9 Å². The fraction of sp³-hybridized carbons (Fsp3) is 1.00. The predicted octanol–water partition coefficient (Wildman–Crippen LogP) is -8.04. The van der Waals surface area contributed by atoms with Gasteiger partial charge in [0.25, 0.3) is 0 Å². The van der Waals surface area contributed by atoms with Crippen LogP contribution >= 0.6 is 0 Å². The maximum atomic E-state index is 11.3. The summed E-state index contributed by atoms with van der Waals surface area (Å²) in [5, 5.41) is 134. The van der Waals surface area contributed by atoms with Gasteiger partial charge in [-0.1, -0.05) is 13.8 Å². The molecular formula is C27H48O20. The van der Waals surface area contributed by atoms with Crippen LogP contribution in [0.2, 0.25) is 0 Å². The summed E-state index contributed by atoms with van der Waals surface area (Å²) >= 11 is 0. The van der Waals surface area contributed by atoms with Gasteiger partial charge in [0.2, 0.25) is 0 Å². The van der Waals surface area contributed by atoms with Crippen molar-refractivity contribution in [3.05, 3.63) is 0 Å². The standard InChI is InChI=1S/C27H48O20/c1-7(2)21-24(23(15(35)10(5-30)41-21)46-26-19(39)17(37)13(33)9(4-29)43-26)47-27-20(40)22(14(34)11(6-31)44-27)45-25-18(38)16(36)12(32)8(3-28)42-25/h7-40H,3-6H2,1-2H3/t8-,9-,10-,11-,12-,13-,14-,15-,16+,17+,18-,19-,20-,21+,22+,23+,24+,25+,26+,27+/m1/s1. The molecule has 4 aliphatic rings. The van der Waals surface area contributed by atoms with Gasteiger partial charge in [-0.3, -0.25) is 0 Å². The Morgan fingerprint density at radius 1 is 0.404 bits per heavy atom. The molecular weight excluding hydrogens is 644 g/mol. The molecule has 4 rings (SSSR count). The third kappa shape index (κ3) is 7.92. The molecule has 4 saturated heterocycles. The van der Waals surface area contributed by atoms with E-state index in [1.165, 1.54) is 0 Å². The molecule has 20 heteroatoms. The van der Waals surface area contributed by atoms with Crippen molar-refractivity contribution in [1.82, 2.24) is 0 Å². The molecule has 276 valence electrons. The zero-order valence-electron chi connectivity index (χ0n) is 25.6. The Labute approximate surface area is 268 Å². The lowest BCUT2D eigenvalue weighted by Crippen LogP contribution is -2.68. The molecule has 0 radical (unpaired) electrons. The largest absolute Gasteiger partial charge is 0.394 e. The number of hydrogen-bond acceptors (Lipinski definition) is 20. The van der Waals surface area contributed by atoms with Crippen LogP contribution in [0, 0.1) is 5.92 Å². The lowest BCUT2D eigenvalue weighted by molar-refractivity contribution is -0.386. The van der Waals surface area contributed by atoms with Crippen LogP contribution < -0.4 is 0 Å². The lowest BCUT2D eigenvalue weighted by atomic mass is 9.88. The van der Waals surface area contributed by atoms with Crippen molar-refractivity contribution in [1.29, 1.82) is 0 Å². The highest BCUT2D eigenvalue weighted by molar-refractivity contribution is 5.00. The highest BCUT2D eigenvalue weighted by Gasteiger charge is 2.56. The van der Waals surface area contributed by atoms with E-state index >= 15 is 0 Å². The molecule has 47 heavy (non-hydrogen) atoms. The van der Waals surface area contributed by atoms with Gasteiger partial charge in [0, 0.05) is 0 Å². The maximum Gasteiger partial charge on any atom is 0.187 e. The van der Waals surface area contributed by atoms with Gasteiger partial charge in [0.1, 0.15) is 97.7 Å². The van der Waals surface area contributed by atoms with E-state index in [1.54, 1.807) is 13.8 Å². The summed E-state index contributed by atoms with van der Waals surface area (Å²) in [5.41, 5.74) is 0. The second-order valence-electron chi connectivity index (χ2n) is 12.5. The van der Waals surface area contributed by atoms with E-state index < -0.39 is 155 Å². The molecule has 0 unspecified atom stereocenters. The zero-order valence-corrected chi connectivity index (χ0v) is 25.6. The molecule has 20 nitrogen and oxygen atoms in total. The van der Waals surface area contributed by atoms with Crippen molar-refractivity contribution in [2.24, 2.45) is 5.92 Å². The van der Waals surface area contributed by atoms with Gasteiger partial charge >= 0.3 is 0 Å². The van der Waals surface area contributed by atoms with E-state index in [4.69, 9.17) is 33.2 Å². The van der Waals surface area contributed by atoms with Crippen molar-refractivity contribution < 1.29 is 99.5 Å². The first-order chi connectivity index (χ1) is 22.2. The maximum absolute atomic E-state index is 11.3. The van der Waals surface area contributed by atoms with Crippen LogP contribution in [0.4, 0.5) is 0 Å². The molecule has 0 spiro atoms. The van der Waals surface area contributed by atoms with E-state index in [-0.39, 0.29) is 0 Å². The van der Waals surface area contributed by atoms with Gasteiger partial charge in [-0.15, -0.1) is 0 Å². The molecule has 4 aliphatic heterocycles. The third-order valence-electron chi connectivity index (χ3n) is 8.93. The summed E-state index contributed by atoms with van der Waals surface area (Å²) < 4.78 is 39.8. The summed E-state index contributed by atoms with van der Waals surface area (Å²) in [5.74, 6) is -0.455. The topological polar surface area (TPSA) is 328 Å².